The average Bonchev–Trinajstić information content (AvgIpc) is 2.19. The lowest BCUT2D eigenvalue weighted by Crippen LogP contribution is -1.95. The number of benzene rings is 1. The van der Waals surface area contributed by atoms with Gasteiger partial charge in [0.15, 0.2) is 0 Å². The lowest BCUT2D eigenvalue weighted by atomic mass is 10.1. The van der Waals surface area contributed by atoms with E-state index in [-0.39, 0.29) is 11.3 Å². The molecule has 0 spiro atoms. The first-order valence-corrected chi connectivity index (χ1v) is 4.44. The largest absolute Gasteiger partial charge is 0.397 e. The molecule has 0 bridgehead atoms. The van der Waals surface area contributed by atoms with E-state index in [0.717, 1.165) is 0 Å². The van der Waals surface area contributed by atoms with E-state index in [1.165, 1.54) is 18.3 Å². The van der Waals surface area contributed by atoms with Crippen LogP contribution in [0.3, 0.4) is 0 Å². The highest BCUT2D eigenvalue weighted by Gasteiger charge is 2.14. The molecular weight excluding hydrogens is 217 g/mol. The monoisotopic (exact) mass is 224 g/mol. The van der Waals surface area contributed by atoms with Gasteiger partial charge in [-0.1, -0.05) is 0 Å². The van der Waals surface area contributed by atoms with Gasteiger partial charge in [-0.25, -0.2) is 13.2 Å². The number of hydrogen-bond acceptors (Lipinski definition) is 2. The molecular formula is C11H7F3N2. The number of pyridine rings is 1. The fourth-order valence-corrected chi connectivity index (χ4v) is 1.34. The third-order valence-corrected chi connectivity index (χ3v) is 2.05. The van der Waals surface area contributed by atoms with Crippen molar-refractivity contribution in [3.05, 3.63) is 47.9 Å². The van der Waals surface area contributed by atoms with Gasteiger partial charge in [0, 0.05) is 12.1 Å². The Bertz CT molecular complexity index is 500. The summed E-state index contributed by atoms with van der Waals surface area (Å²) in [6, 6.07) is 4.05. The van der Waals surface area contributed by atoms with Crippen molar-refractivity contribution in [2.24, 2.45) is 0 Å². The van der Waals surface area contributed by atoms with Crippen LogP contribution < -0.4 is 5.73 Å². The van der Waals surface area contributed by atoms with Crippen molar-refractivity contribution in [2.75, 3.05) is 5.73 Å². The van der Waals surface area contributed by atoms with Gasteiger partial charge in [-0.3, -0.25) is 4.98 Å². The van der Waals surface area contributed by atoms with Crippen LogP contribution in [0.5, 0.6) is 0 Å². The Hall–Kier alpha value is -2.04. The molecule has 1 aromatic carbocycles. The standard InChI is InChI=1S/C11H7F3N2/c12-6-3-8(13)11(9(14)4-6)10-2-1-7(15)5-16-10/h1-5H,15H2. The fourth-order valence-electron chi connectivity index (χ4n) is 1.34. The molecule has 2 nitrogen and oxygen atoms in total. The molecule has 0 saturated heterocycles. The summed E-state index contributed by atoms with van der Waals surface area (Å²) < 4.78 is 39.4. The highest BCUT2D eigenvalue weighted by Crippen LogP contribution is 2.25. The summed E-state index contributed by atoms with van der Waals surface area (Å²) in [6.45, 7) is 0. The van der Waals surface area contributed by atoms with Gasteiger partial charge in [0.1, 0.15) is 17.5 Å². The summed E-state index contributed by atoms with van der Waals surface area (Å²) in [5, 5.41) is 0. The van der Waals surface area contributed by atoms with E-state index >= 15 is 0 Å². The van der Waals surface area contributed by atoms with Crippen LogP contribution in [0.4, 0.5) is 18.9 Å². The second-order valence-electron chi connectivity index (χ2n) is 3.22. The Morgan fingerprint density at radius 1 is 1.00 bits per heavy atom. The van der Waals surface area contributed by atoms with Crippen LogP contribution in [0.15, 0.2) is 30.5 Å². The molecule has 2 rings (SSSR count). The number of aromatic nitrogens is 1. The predicted molar refractivity (Wildman–Crippen MR) is 54.0 cm³/mol. The van der Waals surface area contributed by atoms with Crippen LogP contribution in [-0.4, -0.2) is 4.98 Å². The molecule has 2 aromatic rings. The minimum absolute atomic E-state index is 0.0733. The van der Waals surface area contributed by atoms with Crippen LogP contribution in [0.25, 0.3) is 11.3 Å². The molecule has 0 aliphatic carbocycles. The van der Waals surface area contributed by atoms with E-state index in [0.29, 0.717) is 17.8 Å². The summed E-state index contributed by atoms with van der Waals surface area (Å²) in [7, 11) is 0. The zero-order chi connectivity index (χ0) is 11.7. The number of nitrogens with zero attached hydrogens (tertiary/aromatic N) is 1. The Labute approximate surface area is 89.5 Å². The van der Waals surface area contributed by atoms with Gasteiger partial charge in [-0.05, 0) is 12.1 Å². The zero-order valence-corrected chi connectivity index (χ0v) is 8.05. The van der Waals surface area contributed by atoms with E-state index < -0.39 is 17.5 Å². The SMILES string of the molecule is Nc1ccc(-c2c(F)cc(F)cc2F)nc1. The molecule has 82 valence electrons. The van der Waals surface area contributed by atoms with Crippen molar-refractivity contribution < 1.29 is 13.2 Å². The lowest BCUT2D eigenvalue weighted by molar-refractivity contribution is 0.547. The molecule has 0 aliphatic rings. The normalized spacial score (nSPS) is 10.4. The maximum Gasteiger partial charge on any atom is 0.138 e. The van der Waals surface area contributed by atoms with Crippen molar-refractivity contribution in [1.29, 1.82) is 0 Å². The van der Waals surface area contributed by atoms with Gasteiger partial charge in [0.2, 0.25) is 0 Å². The predicted octanol–water partition coefficient (Wildman–Crippen LogP) is 2.75. The number of nitrogens with two attached hydrogens (primary N) is 1. The summed E-state index contributed by atoms with van der Waals surface area (Å²) in [4.78, 5) is 3.77. The van der Waals surface area contributed by atoms with Crippen molar-refractivity contribution in [2.45, 2.75) is 0 Å². The van der Waals surface area contributed by atoms with Gasteiger partial charge in [-0.2, -0.15) is 0 Å². The quantitative estimate of drug-likeness (QED) is 0.808. The minimum Gasteiger partial charge on any atom is -0.397 e. The maximum absolute atomic E-state index is 13.3. The third-order valence-electron chi connectivity index (χ3n) is 2.05. The van der Waals surface area contributed by atoms with Crippen LogP contribution >= 0.6 is 0 Å². The van der Waals surface area contributed by atoms with Crippen molar-refractivity contribution in [3.8, 4) is 11.3 Å². The molecule has 16 heavy (non-hydrogen) atoms. The second-order valence-corrected chi connectivity index (χ2v) is 3.22. The number of hydrogen-bond donors (Lipinski definition) is 1. The topological polar surface area (TPSA) is 38.9 Å². The van der Waals surface area contributed by atoms with Gasteiger partial charge in [0.05, 0.1) is 23.1 Å². The molecule has 1 aromatic heterocycles. The van der Waals surface area contributed by atoms with E-state index in [1.807, 2.05) is 0 Å². The summed E-state index contributed by atoms with van der Waals surface area (Å²) >= 11 is 0. The van der Waals surface area contributed by atoms with Crippen LogP contribution in [-0.2, 0) is 0 Å². The number of nitrogen functional groups attached to an aromatic ring is 1. The zero-order valence-electron chi connectivity index (χ0n) is 8.05. The molecule has 0 aliphatic heterocycles. The maximum atomic E-state index is 13.3. The molecule has 5 heteroatoms. The van der Waals surface area contributed by atoms with Crippen molar-refractivity contribution in [3.63, 3.8) is 0 Å². The molecule has 0 radical (unpaired) electrons. The van der Waals surface area contributed by atoms with Crippen LogP contribution in [0, 0.1) is 17.5 Å². The van der Waals surface area contributed by atoms with E-state index in [2.05, 4.69) is 4.98 Å². The highest BCUT2D eigenvalue weighted by atomic mass is 19.1. The molecule has 2 N–H and O–H groups in total. The van der Waals surface area contributed by atoms with Crippen molar-refractivity contribution >= 4 is 5.69 Å². The Balaban J connectivity index is 2.60. The molecule has 0 saturated carbocycles. The van der Waals surface area contributed by atoms with Gasteiger partial charge in [-0.15, -0.1) is 0 Å². The van der Waals surface area contributed by atoms with Gasteiger partial charge >= 0.3 is 0 Å². The lowest BCUT2D eigenvalue weighted by Gasteiger charge is -2.04. The minimum atomic E-state index is -0.991. The smallest absolute Gasteiger partial charge is 0.138 e. The molecule has 1 heterocycles. The van der Waals surface area contributed by atoms with Crippen molar-refractivity contribution in [1.82, 2.24) is 4.98 Å². The average molecular weight is 224 g/mol. The fraction of sp³-hybridized carbons (Fsp3) is 0. The summed E-state index contributed by atoms with van der Waals surface area (Å²) in [6.07, 6.45) is 1.28. The Kier molecular flexibility index (Phi) is 2.52. The highest BCUT2D eigenvalue weighted by molar-refractivity contribution is 5.62. The summed E-state index contributed by atoms with van der Waals surface area (Å²) in [5.74, 6) is -2.95. The first-order chi connectivity index (χ1) is 7.58. The Morgan fingerprint density at radius 3 is 2.12 bits per heavy atom. The van der Waals surface area contributed by atoms with E-state index in [1.54, 1.807) is 0 Å². The molecule has 0 amide bonds. The molecule has 0 unspecified atom stereocenters. The number of rotatable bonds is 1. The van der Waals surface area contributed by atoms with E-state index in [9.17, 15) is 13.2 Å². The van der Waals surface area contributed by atoms with Gasteiger partial charge < -0.3 is 5.73 Å². The first kappa shape index (κ1) is 10.5. The number of halogens is 3. The van der Waals surface area contributed by atoms with Gasteiger partial charge in [0.25, 0.3) is 0 Å². The molecule has 0 fully saturated rings. The van der Waals surface area contributed by atoms with Crippen LogP contribution in [0.2, 0.25) is 0 Å². The molecule has 0 atom stereocenters. The van der Waals surface area contributed by atoms with Crippen LogP contribution in [0.1, 0.15) is 0 Å². The second kappa shape index (κ2) is 3.84. The van der Waals surface area contributed by atoms with E-state index in [4.69, 9.17) is 5.73 Å². The Morgan fingerprint density at radius 2 is 1.62 bits per heavy atom. The summed E-state index contributed by atoms with van der Waals surface area (Å²) in [5.41, 5.74) is 5.49. The number of anilines is 1. The first-order valence-electron chi connectivity index (χ1n) is 4.44. The third kappa shape index (κ3) is 1.84.